The maximum Gasteiger partial charge on any atom is 0.432 e. The Balaban J connectivity index is 3.22. The van der Waals surface area contributed by atoms with Crippen LogP contribution in [0, 0.1) is 0 Å². The molecule has 5 nitrogen and oxygen atoms in total. The second-order valence-electron chi connectivity index (χ2n) is 6.34. The zero-order valence-electron chi connectivity index (χ0n) is 16.6. The maximum absolute atomic E-state index is 14.0. The van der Waals surface area contributed by atoms with Crippen molar-refractivity contribution in [2.45, 2.75) is 44.1 Å². The van der Waals surface area contributed by atoms with Crippen LogP contribution in [0.2, 0.25) is 0 Å². The van der Waals surface area contributed by atoms with Gasteiger partial charge in [0.1, 0.15) is 6.10 Å². The van der Waals surface area contributed by atoms with Gasteiger partial charge < -0.3 is 14.2 Å². The van der Waals surface area contributed by atoms with Gasteiger partial charge in [-0.2, -0.15) is 13.2 Å². The van der Waals surface area contributed by atoms with Crippen molar-refractivity contribution in [1.82, 2.24) is 0 Å². The van der Waals surface area contributed by atoms with E-state index in [9.17, 15) is 22.8 Å². The molecule has 0 heterocycles. The molecule has 0 N–H and O–H groups in total. The minimum atomic E-state index is -5.09. The van der Waals surface area contributed by atoms with E-state index in [4.69, 9.17) is 9.47 Å². The van der Waals surface area contributed by atoms with Crippen LogP contribution in [0.15, 0.2) is 54.6 Å². The molecule has 0 spiro atoms. The Morgan fingerprint density at radius 1 is 1.17 bits per heavy atom. The summed E-state index contributed by atoms with van der Waals surface area (Å²) in [4.78, 5) is 24.4. The third-order valence-corrected chi connectivity index (χ3v) is 4.33. The molecule has 0 bridgehead atoms. The number of allylic oxidation sites excluding steroid dienone is 3. The zero-order valence-corrected chi connectivity index (χ0v) is 16.6. The van der Waals surface area contributed by atoms with Gasteiger partial charge in [-0.3, -0.25) is 4.79 Å². The standard InChI is InChI=1S/C21H25F3O5/c1-5-9-15(2)12-13-17(14-18(25)27-3)29-19(26)20(28-4,21(22,23)24)16-10-7-6-8-11-16/h5-11,17H,1,12-14H2,2-4H3/b15-9+/t17-,20-/m0/s1. The van der Waals surface area contributed by atoms with Crippen LogP contribution in [0.5, 0.6) is 0 Å². The van der Waals surface area contributed by atoms with Gasteiger partial charge in [-0.25, -0.2) is 4.79 Å². The molecular weight excluding hydrogens is 389 g/mol. The fraction of sp³-hybridized carbons (Fsp3) is 0.429. The molecule has 0 aliphatic heterocycles. The van der Waals surface area contributed by atoms with Gasteiger partial charge in [-0.15, -0.1) is 0 Å². The average Bonchev–Trinajstić information content (AvgIpc) is 2.67. The summed E-state index contributed by atoms with van der Waals surface area (Å²) >= 11 is 0. The smallest absolute Gasteiger partial charge is 0.432 e. The Hall–Kier alpha value is -2.61. The number of carbonyl (C=O) groups excluding carboxylic acids is 2. The van der Waals surface area contributed by atoms with Crippen LogP contribution in [-0.2, 0) is 29.4 Å². The largest absolute Gasteiger partial charge is 0.469 e. The van der Waals surface area contributed by atoms with Crippen LogP contribution in [0.4, 0.5) is 13.2 Å². The predicted octanol–water partition coefficient (Wildman–Crippen LogP) is 4.48. The first-order chi connectivity index (χ1) is 13.6. The topological polar surface area (TPSA) is 61.8 Å². The Kier molecular flexibility index (Phi) is 9.10. The van der Waals surface area contributed by atoms with E-state index in [1.165, 1.54) is 18.2 Å². The first-order valence-corrected chi connectivity index (χ1v) is 8.85. The lowest BCUT2D eigenvalue weighted by atomic mass is 9.92. The van der Waals surface area contributed by atoms with Crippen LogP contribution in [-0.4, -0.2) is 38.4 Å². The summed E-state index contributed by atoms with van der Waals surface area (Å²) in [6.07, 6.45) is -2.79. The highest BCUT2D eigenvalue weighted by molar-refractivity contribution is 5.83. The minimum absolute atomic E-state index is 0.128. The van der Waals surface area contributed by atoms with Crippen molar-refractivity contribution in [3.05, 3.63) is 60.2 Å². The fourth-order valence-corrected chi connectivity index (χ4v) is 2.77. The normalized spacial score (nSPS) is 15.2. The van der Waals surface area contributed by atoms with E-state index in [1.54, 1.807) is 19.1 Å². The van der Waals surface area contributed by atoms with Gasteiger partial charge in [0, 0.05) is 12.7 Å². The summed E-state index contributed by atoms with van der Waals surface area (Å²) in [5, 5.41) is 0. The summed E-state index contributed by atoms with van der Waals surface area (Å²) in [5.74, 6) is -2.35. The number of benzene rings is 1. The number of halogens is 3. The summed E-state index contributed by atoms with van der Waals surface area (Å²) < 4.78 is 56.3. The fourth-order valence-electron chi connectivity index (χ4n) is 2.77. The monoisotopic (exact) mass is 414 g/mol. The second-order valence-corrected chi connectivity index (χ2v) is 6.34. The lowest BCUT2D eigenvalue weighted by Gasteiger charge is -2.33. The molecule has 1 aromatic rings. The Morgan fingerprint density at radius 3 is 2.28 bits per heavy atom. The molecule has 160 valence electrons. The Morgan fingerprint density at radius 2 is 1.79 bits per heavy atom. The second kappa shape index (κ2) is 10.8. The molecule has 2 atom stereocenters. The van der Waals surface area contributed by atoms with E-state index in [-0.39, 0.29) is 12.8 Å². The summed E-state index contributed by atoms with van der Waals surface area (Å²) in [5.41, 5.74) is -2.86. The summed E-state index contributed by atoms with van der Waals surface area (Å²) in [6, 6.07) is 6.49. The van der Waals surface area contributed by atoms with E-state index in [0.29, 0.717) is 6.42 Å². The molecule has 0 unspecified atom stereocenters. The van der Waals surface area contributed by atoms with Gasteiger partial charge in [0.2, 0.25) is 0 Å². The van der Waals surface area contributed by atoms with E-state index in [2.05, 4.69) is 11.3 Å². The maximum atomic E-state index is 14.0. The molecule has 0 fully saturated rings. The number of methoxy groups -OCH3 is 2. The van der Waals surface area contributed by atoms with Gasteiger partial charge in [0.05, 0.1) is 13.5 Å². The van der Waals surface area contributed by atoms with E-state index in [1.807, 2.05) is 0 Å². The first-order valence-electron chi connectivity index (χ1n) is 8.85. The van der Waals surface area contributed by atoms with Crippen molar-refractivity contribution in [3.8, 4) is 0 Å². The van der Waals surface area contributed by atoms with Crippen LogP contribution < -0.4 is 0 Å². The highest BCUT2D eigenvalue weighted by Crippen LogP contribution is 2.43. The number of hydrogen-bond donors (Lipinski definition) is 0. The molecule has 0 saturated carbocycles. The molecule has 0 aromatic heterocycles. The molecule has 0 radical (unpaired) electrons. The number of esters is 2. The summed E-state index contributed by atoms with van der Waals surface area (Å²) in [6.45, 7) is 5.35. The van der Waals surface area contributed by atoms with Crippen molar-refractivity contribution in [2.75, 3.05) is 14.2 Å². The number of carbonyl (C=O) groups is 2. The van der Waals surface area contributed by atoms with Crippen molar-refractivity contribution in [2.24, 2.45) is 0 Å². The van der Waals surface area contributed by atoms with Gasteiger partial charge >= 0.3 is 18.1 Å². The molecule has 29 heavy (non-hydrogen) atoms. The lowest BCUT2D eigenvalue weighted by Crippen LogP contribution is -2.52. The number of rotatable bonds is 10. The van der Waals surface area contributed by atoms with Crippen molar-refractivity contribution >= 4 is 11.9 Å². The lowest BCUT2D eigenvalue weighted by molar-refractivity contribution is -0.278. The molecule has 0 aliphatic carbocycles. The molecule has 0 saturated heterocycles. The zero-order chi connectivity index (χ0) is 22.1. The number of ether oxygens (including phenoxy) is 3. The van der Waals surface area contributed by atoms with Crippen LogP contribution in [0.1, 0.15) is 31.7 Å². The molecule has 8 heteroatoms. The molecular formula is C21H25F3O5. The quantitative estimate of drug-likeness (QED) is 0.417. The third-order valence-electron chi connectivity index (χ3n) is 4.33. The van der Waals surface area contributed by atoms with Crippen molar-refractivity contribution in [3.63, 3.8) is 0 Å². The molecule has 0 aliphatic rings. The highest BCUT2D eigenvalue weighted by Gasteiger charge is 2.64. The van der Waals surface area contributed by atoms with E-state index in [0.717, 1.165) is 31.9 Å². The van der Waals surface area contributed by atoms with Crippen LogP contribution in [0.3, 0.4) is 0 Å². The molecule has 1 aromatic carbocycles. The van der Waals surface area contributed by atoms with Gasteiger partial charge in [-0.05, 0) is 19.8 Å². The number of hydrogen-bond acceptors (Lipinski definition) is 5. The van der Waals surface area contributed by atoms with Crippen LogP contribution >= 0.6 is 0 Å². The highest BCUT2D eigenvalue weighted by atomic mass is 19.4. The van der Waals surface area contributed by atoms with Gasteiger partial charge in [0.15, 0.2) is 0 Å². The first kappa shape index (κ1) is 24.4. The Bertz CT molecular complexity index is 728. The SMILES string of the molecule is C=C/C=C(\C)CC[C@@H](CC(=O)OC)OC(=O)[C@@](OC)(c1ccccc1)C(F)(F)F. The predicted molar refractivity (Wildman–Crippen MR) is 101 cm³/mol. The van der Waals surface area contributed by atoms with E-state index < -0.39 is 35.4 Å². The van der Waals surface area contributed by atoms with Gasteiger partial charge in [-0.1, -0.05) is 54.6 Å². The Labute approximate surface area is 168 Å². The van der Waals surface area contributed by atoms with E-state index >= 15 is 0 Å². The minimum Gasteiger partial charge on any atom is -0.469 e. The van der Waals surface area contributed by atoms with Crippen molar-refractivity contribution in [1.29, 1.82) is 0 Å². The average molecular weight is 414 g/mol. The number of alkyl halides is 3. The van der Waals surface area contributed by atoms with Gasteiger partial charge in [0.25, 0.3) is 5.60 Å². The molecule has 1 rings (SSSR count). The van der Waals surface area contributed by atoms with Crippen molar-refractivity contribution < 1.29 is 37.0 Å². The van der Waals surface area contributed by atoms with Crippen LogP contribution in [0.25, 0.3) is 0 Å². The molecule has 0 amide bonds. The third kappa shape index (κ3) is 6.19. The summed E-state index contributed by atoms with van der Waals surface area (Å²) in [7, 11) is 1.93.